The number of aliphatic carboxylic acids is 1. The molecule has 0 spiro atoms. The number of aromatic nitrogens is 1. The Morgan fingerprint density at radius 3 is 3.00 bits per heavy atom. The van der Waals surface area contributed by atoms with E-state index in [1.54, 1.807) is 17.5 Å². The van der Waals surface area contributed by atoms with Crippen LogP contribution in [0.2, 0.25) is 0 Å². The number of nitrogens with zero attached hydrogens (tertiary/aromatic N) is 1. The molecular formula is C14H15NO2S. The maximum Gasteiger partial charge on any atom is 0.303 e. The third-order valence-electron chi connectivity index (χ3n) is 2.62. The predicted molar refractivity (Wildman–Crippen MR) is 72.1 cm³/mol. The third-order valence-corrected chi connectivity index (χ3v) is 3.68. The van der Waals surface area contributed by atoms with Crippen molar-refractivity contribution >= 4 is 17.3 Å². The molecule has 0 saturated carbocycles. The first kappa shape index (κ1) is 12.8. The molecule has 2 aromatic rings. The van der Waals surface area contributed by atoms with Gasteiger partial charge in [0.05, 0.1) is 11.4 Å². The van der Waals surface area contributed by atoms with E-state index in [-0.39, 0.29) is 6.42 Å². The van der Waals surface area contributed by atoms with E-state index < -0.39 is 5.97 Å². The molecule has 94 valence electrons. The Morgan fingerprint density at radius 2 is 2.28 bits per heavy atom. The zero-order chi connectivity index (χ0) is 13.0. The summed E-state index contributed by atoms with van der Waals surface area (Å²) >= 11 is 1.60. The van der Waals surface area contributed by atoms with Gasteiger partial charge in [0, 0.05) is 17.5 Å². The van der Waals surface area contributed by atoms with Gasteiger partial charge < -0.3 is 5.11 Å². The molecule has 0 fully saturated rings. The fraction of sp³-hybridized carbons (Fsp3) is 0.286. The molecule has 1 aromatic carbocycles. The Morgan fingerprint density at radius 1 is 1.44 bits per heavy atom. The highest BCUT2D eigenvalue weighted by molar-refractivity contribution is 7.11. The summed E-state index contributed by atoms with van der Waals surface area (Å²) in [6, 6.07) is 8.36. The first-order chi connectivity index (χ1) is 8.63. The molecule has 0 amide bonds. The predicted octanol–water partition coefficient (Wildman–Crippen LogP) is 3.06. The van der Waals surface area contributed by atoms with Crippen molar-refractivity contribution in [1.29, 1.82) is 0 Å². The second kappa shape index (κ2) is 5.78. The lowest BCUT2D eigenvalue weighted by molar-refractivity contribution is -0.136. The SMILES string of the molecule is Cc1cccc(Cc2ncc(CCC(=O)O)s2)c1. The van der Waals surface area contributed by atoms with Crippen molar-refractivity contribution in [3.05, 3.63) is 51.5 Å². The van der Waals surface area contributed by atoms with Crippen LogP contribution in [0.25, 0.3) is 0 Å². The molecular weight excluding hydrogens is 246 g/mol. The molecule has 0 atom stereocenters. The number of carbonyl (C=O) groups is 1. The summed E-state index contributed by atoms with van der Waals surface area (Å²) in [5, 5.41) is 9.67. The lowest BCUT2D eigenvalue weighted by Crippen LogP contribution is -1.95. The van der Waals surface area contributed by atoms with Gasteiger partial charge in [-0.25, -0.2) is 4.98 Å². The molecule has 4 heteroatoms. The van der Waals surface area contributed by atoms with Crippen LogP contribution in [0, 0.1) is 6.92 Å². The van der Waals surface area contributed by atoms with E-state index in [4.69, 9.17) is 5.11 Å². The van der Waals surface area contributed by atoms with Gasteiger partial charge in [-0.15, -0.1) is 11.3 Å². The average Bonchev–Trinajstić information content (AvgIpc) is 2.74. The molecule has 0 bridgehead atoms. The molecule has 18 heavy (non-hydrogen) atoms. The van der Waals surface area contributed by atoms with Crippen LogP contribution < -0.4 is 0 Å². The topological polar surface area (TPSA) is 50.2 Å². The van der Waals surface area contributed by atoms with Crippen LogP contribution >= 0.6 is 11.3 Å². The zero-order valence-corrected chi connectivity index (χ0v) is 11.0. The molecule has 0 aliphatic carbocycles. The molecule has 3 nitrogen and oxygen atoms in total. The summed E-state index contributed by atoms with van der Waals surface area (Å²) in [6.07, 6.45) is 3.35. The number of carboxylic acids is 1. The highest BCUT2D eigenvalue weighted by Gasteiger charge is 2.05. The van der Waals surface area contributed by atoms with Crippen LogP contribution in [0.5, 0.6) is 0 Å². The third kappa shape index (κ3) is 3.67. The second-order valence-electron chi connectivity index (χ2n) is 4.28. The molecule has 1 N–H and O–H groups in total. The number of thiazole rings is 1. The van der Waals surface area contributed by atoms with E-state index in [1.165, 1.54) is 11.1 Å². The van der Waals surface area contributed by atoms with Gasteiger partial charge in [0.25, 0.3) is 0 Å². The summed E-state index contributed by atoms with van der Waals surface area (Å²) in [5.74, 6) is -0.761. The van der Waals surface area contributed by atoms with Gasteiger partial charge in [-0.2, -0.15) is 0 Å². The lowest BCUT2D eigenvalue weighted by Gasteiger charge is -1.99. The molecule has 1 heterocycles. The van der Waals surface area contributed by atoms with Crippen LogP contribution in [0.3, 0.4) is 0 Å². The van der Waals surface area contributed by atoms with Gasteiger partial charge in [0.15, 0.2) is 0 Å². The number of aryl methyl sites for hydroxylation is 2. The average molecular weight is 261 g/mol. The molecule has 0 saturated heterocycles. The fourth-order valence-electron chi connectivity index (χ4n) is 1.77. The van der Waals surface area contributed by atoms with Crippen LogP contribution in [-0.2, 0) is 17.6 Å². The van der Waals surface area contributed by atoms with E-state index >= 15 is 0 Å². The van der Waals surface area contributed by atoms with Gasteiger partial charge in [-0.05, 0) is 18.9 Å². The van der Waals surface area contributed by atoms with Gasteiger partial charge in [-0.3, -0.25) is 4.79 Å². The van der Waals surface area contributed by atoms with Gasteiger partial charge in [0.2, 0.25) is 0 Å². The van der Waals surface area contributed by atoms with Crippen molar-refractivity contribution in [2.45, 2.75) is 26.2 Å². The first-order valence-electron chi connectivity index (χ1n) is 5.84. The summed E-state index contributed by atoms with van der Waals surface area (Å²) in [6.45, 7) is 2.07. The Labute approximate surface area is 110 Å². The Hall–Kier alpha value is -1.68. The standard InChI is InChI=1S/C14H15NO2S/c1-10-3-2-4-11(7-10)8-13-15-9-12(18-13)5-6-14(16)17/h2-4,7,9H,5-6,8H2,1H3,(H,16,17). The summed E-state index contributed by atoms with van der Waals surface area (Å²) < 4.78 is 0. The maximum absolute atomic E-state index is 10.5. The molecule has 0 aliphatic rings. The lowest BCUT2D eigenvalue weighted by atomic mass is 10.1. The van der Waals surface area contributed by atoms with Crippen molar-refractivity contribution in [3.63, 3.8) is 0 Å². The highest BCUT2D eigenvalue weighted by atomic mass is 32.1. The minimum absolute atomic E-state index is 0.173. The maximum atomic E-state index is 10.5. The van der Waals surface area contributed by atoms with Crippen LogP contribution in [0.4, 0.5) is 0 Å². The van der Waals surface area contributed by atoms with Crippen molar-refractivity contribution in [3.8, 4) is 0 Å². The number of rotatable bonds is 5. The van der Waals surface area contributed by atoms with Crippen molar-refractivity contribution in [1.82, 2.24) is 4.98 Å². The summed E-state index contributed by atoms with van der Waals surface area (Å²) in [4.78, 5) is 15.9. The summed E-state index contributed by atoms with van der Waals surface area (Å²) in [7, 11) is 0. The normalized spacial score (nSPS) is 10.5. The monoisotopic (exact) mass is 261 g/mol. The van der Waals surface area contributed by atoms with E-state index in [0.29, 0.717) is 6.42 Å². The smallest absolute Gasteiger partial charge is 0.303 e. The quantitative estimate of drug-likeness (QED) is 0.900. The van der Waals surface area contributed by atoms with Crippen molar-refractivity contribution in [2.24, 2.45) is 0 Å². The Balaban J connectivity index is 2.00. The van der Waals surface area contributed by atoms with Crippen molar-refractivity contribution < 1.29 is 9.90 Å². The molecule has 0 radical (unpaired) electrons. The van der Waals surface area contributed by atoms with Gasteiger partial charge >= 0.3 is 5.97 Å². The van der Waals surface area contributed by atoms with Crippen LogP contribution in [-0.4, -0.2) is 16.1 Å². The molecule has 0 aliphatic heterocycles. The molecule has 1 aromatic heterocycles. The summed E-state index contributed by atoms with van der Waals surface area (Å²) in [5.41, 5.74) is 2.49. The Kier molecular flexibility index (Phi) is 4.10. The number of benzene rings is 1. The van der Waals surface area contributed by atoms with Gasteiger partial charge in [-0.1, -0.05) is 29.8 Å². The van der Waals surface area contributed by atoms with E-state index in [0.717, 1.165) is 16.3 Å². The second-order valence-corrected chi connectivity index (χ2v) is 5.48. The number of carboxylic acid groups (broad SMARTS) is 1. The minimum Gasteiger partial charge on any atom is -0.481 e. The van der Waals surface area contributed by atoms with Gasteiger partial charge in [0.1, 0.15) is 0 Å². The first-order valence-corrected chi connectivity index (χ1v) is 6.66. The van der Waals surface area contributed by atoms with E-state index in [9.17, 15) is 4.79 Å². The van der Waals surface area contributed by atoms with Crippen molar-refractivity contribution in [2.75, 3.05) is 0 Å². The molecule has 0 unspecified atom stereocenters. The highest BCUT2D eigenvalue weighted by Crippen LogP contribution is 2.18. The van der Waals surface area contributed by atoms with E-state index in [2.05, 4.69) is 30.1 Å². The fourth-order valence-corrected chi connectivity index (χ4v) is 2.73. The van der Waals surface area contributed by atoms with Crippen LogP contribution in [0.1, 0.15) is 27.4 Å². The number of hydrogen-bond donors (Lipinski definition) is 1. The zero-order valence-electron chi connectivity index (χ0n) is 10.2. The van der Waals surface area contributed by atoms with E-state index in [1.807, 2.05) is 6.07 Å². The minimum atomic E-state index is -0.761. The largest absolute Gasteiger partial charge is 0.481 e. The number of hydrogen-bond acceptors (Lipinski definition) is 3. The molecule has 2 rings (SSSR count). The Bertz CT molecular complexity index is 548. The van der Waals surface area contributed by atoms with Crippen LogP contribution in [0.15, 0.2) is 30.5 Å².